The Hall–Kier alpha value is -1.02. The molecule has 0 radical (unpaired) electrons. The second-order valence-corrected chi connectivity index (χ2v) is 4.79. The Bertz CT molecular complexity index is 307. The Balaban J connectivity index is 2.45. The Morgan fingerprint density at radius 1 is 1.18 bits per heavy atom. The highest BCUT2D eigenvalue weighted by atomic mass is 16.5. The molecule has 0 heterocycles. The van der Waals surface area contributed by atoms with Gasteiger partial charge in [-0.1, -0.05) is 39.3 Å². The van der Waals surface area contributed by atoms with E-state index in [1.54, 1.807) is 0 Å². The molecule has 0 saturated carbocycles. The summed E-state index contributed by atoms with van der Waals surface area (Å²) in [7, 11) is 0. The number of hydrogen-bond acceptors (Lipinski definition) is 2. The molecule has 0 aliphatic carbocycles. The van der Waals surface area contributed by atoms with Gasteiger partial charge >= 0.3 is 0 Å². The molecule has 0 aliphatic rings. The maximum Gasteiger partial charge on any atom is 0.119 e. The van der Waals surface area contributed by atoms with E-state index in [4.69, 9.17) is 10.5 Å². The van der Waals surface area contributed by atoms with Gasteiger partial charge in [0.15, 0.2) is 0 Å². The van der Waals surface area contributed by atoms with E-state index in [9.17, 15) is 0 Å². The molecule has 0 spiro atoms. The van der Waals surface area contributed by atoms with Gasteiger partial charge in [0.1, 0.15) is 5.75 Å². The van der Waals surface area contributed by atoms with E-state index < -0.39 is 0 Å². The number of benzene rings is 1. The normalized spacial score (nSPS) is 14.4. The molecular formula is C15H25NO. The van der Waals surface area contributed by atoms with Crippen molar-refractivity contribution in [2.75, 3.05) is 6.61 Å². The molecule has 2 nitrogen and oxygen atoms in total. The highest BCUT2D eigenvalue weighted by Crippen LogP contribution is 2.19. The first kappa shape index (κ1) is 14.0. The fourth-order valence-corrected chi connectivity index (χ4v) is 1.86. The third-order valence-corrected chi connectivity index (χ3v) is 3.06. The quantitative estimate of drug-likeness (QED) is 0.777. The number of ether oxygens (including phenoxy) is 1. The summed E-state index contributed by atoms with van der Waals surface area (Å²) in [5.41, 5.74) is 7.15. The second kappa shape index (κ2) is 7.33. The standard InChI is InChI=1S/C15H25NO/c1-4-6-12(3)11-17-14-9-7-13(8-10-14)15(16)5-2/h7-10,12,15H,4-6,11,16H2,1-3H3/t12?,15-/m1/s1. The van der Waals surface area contributed by atoms with Crippen molar-refractivity contribution in [3.8, 4) is 5.75 Å². The monoisotopic (exact) mass is 235 g/mol. The zero-order valence-electron chi connectivity index (χ0n) is 11.3. The lowest BCUT2D eigenvalue weighted by molar-refractivity contribution is 0.251. The van der Waals surface area contributed by atoms with Gasteiger partial charge in [0.2, 0.25) is 0 Å². The summed E-state index contributed by atoms with van der Waals surface area (Å²) in [5, 5.41) is 0. The second-order valence-electron chi connectivity index (χ2n) is 4.79. The molecule has 96 valence electrons. The molecule has 1 aromatic rings. The summed E-state index contributed by atoms with van der Waals surface area (Å²) >= 11 is 0. The Morgan fingerprint density at radius 2 is 1.82 bits per heavy atom. The highest BCUT2D eigenvalue weighted by Gasteiger charge is 2.04. The third kappa shape index (κ3) is 4.78. The average Bonchev–Trinajstić information content (AvgIpc) is 2.36. The van der Waals surface area contributed by atoms with Crippen LogP contribution in [-0.4, -0.2) is 6.61 Å². The van der Waals surface area contributed by atoms with Crippen molar-refractivity contribution in [3.63, 3.8) is 0 Å². The molecule has 1 aromatic carbocycles. The zero-order chi connectivity index (χ0) is 12.7. The fourth-order valence-electron chi connectivity index (χ4n) is 1.86. The van der Waals surface area contributed by atoms with E-state index in [0.717, 1.165) is 18.8 Å². The lowest BCUT2D eigenvalue weighted by Gasteiger charge is -2.13. The first-order chi connectivity index (χ1) is 8.17. The van der Waals surface area contributed by atoms with Gasteiger partial charge < -0.3 is 10.5 Å². The van der Waals surface area contributed by atoms with E-state index in [-0.39, 0.29) is 6.04 Å². The van der Waals surface area contributed by atoms with E-state index >= 15 is 0 Å². The number of hydrogen-bond donors (Lipinski definition) is 1. The van der Waals surface area contributed by atoms with Gasteiger partial charge in [-0.2, -0.15) is 0 Å². The first-order valence-corrected chi connectivity index (χ1v) is 6.65. The van der Waals surface area contributed by atoms with E-state index in [2.05, 4.69) is 32.9 Å². The maximum absolute atomic E-state index is 5.97. The zero-order valence-corrected chi connectivity index (χ0v) is 11.3. The predicted octanol–water partition coefficient (Wildman–Crippen LogP) is 3.91. The van der Waals surface area contributed by atoms with Gasteiger partial charge in [-0.3, -0.25) is 0 Å². The van der Waals surface area contributed by atoms with Crippen molar-refractivity contribution in [1.29, 1.82) is 0 Å². The lowest BCUT2D eigenvalue weighted by atomic mass is 10.1. The predicted molar refractivity (Wildman–Crippen MR) is 73.2 cm³/mol. The highest BCUT2D eigenvalue weighted by molar-refractivity contribution is 5.28. The van der Waals surface area contributed by atoms with Crippen LogP contribution in [0.4, 0.5) is 0 Å². The Labute approximate surface area is 105 Å². The van der Waals surface area contributed by atoms with Gasteiger partial charge in [0.25, 0.3) is 0 Å². The van der Waals surface area contributed by atoms with E-state index in [0.29, 0.717) is 5.92 Å². The topological polar surface area (TPSA) is 35.2 Å². The van der Waals surface area contributed by atoms with Crippen LogP contribution in [0.1, 0.15) is 51.6 Å². The average molecular weight is 235 g/mol. The minimum atomic E-state index is 0.142. The summed E-state index contributed by atoms with van der Waals surface area (Å²) in [4.78, 5) is 0. The summed E-state index contributed by atoms with van der Waals surface area (Å²) in [6.45, 7) is 7.33. The van der Waals surface area contributed by atoms with Gasteiger partial charge in [0.05, 0.1) is 6.61 Å². The molecule has 0 aromatic heterocycles. The van der Waals surface area contributed by atoms with Crippen LogP contribution >= 0.6 is 0 Å². The van der Waals surface area contributed by atoms with Crippen molar-refractivity contribution in [1.82, 2.24) is 0 Å². The number of rotatable bonds is 7. The van der Waals surface area contributed by atoms with E-state index in [1.165, 1.54) is 18.4 Å². The van der Waals surface area contributed by atoms with Crippen molar-refractivity contribution < 1.29 is 4.74 Å². The van der Waals surface area contributed by atoms with Crippen LogP contribution in [0.2, 0.25) is 0 Å². The molecule has 2 atom stereocenters. The minimum Gasteiger partial charge on any atom is -0.493 e. The smallest absolute Gasteiger partial charge is 0.119 e. The molecule has 0 saturated heterocycles. The fraction of sp³-hybridized carbons (Fsp3) is 0.600. The van der Waals surface area contributed by atoms with Crippen molar-refractivity contribution in [3.05, 3.63) is 29.8 Å². The van der Waals surface area contributed by atoms with Crippen LogP contribution in [0.25, 0.3) is 0 Å². The first-order valence-electron chi connectivity index (χ1n) is 6.65. The Morgan fingerprint density at radius 3 is 2.35 bits per heavy atom. The van der Waals surface area contributed by atoms with Crippen LogP contribution in [0.3, 0.4) is 0 Å². The molecule has 0 amide bonds. The van der Waals surface area contributed by atoms with Crippen molar-refractivity contribution >= 4 is 0 Å². The van der Waals surface area contributed by atoms with Crippen LogP contribution in [0, 0.1) is 5.92 Å². The van der Waals surface area contributed by atoms with Gasteiger partial charge in [-0.25, -0.2) is 0 Å². The summed E-state index contributed by atoms with van der Waals surface area (Å²) in [5.74, 6) is 1.57. The summed E-state index contributed by atoms with van der Waals surface area (Å²) in [6, 6.07) is 8.30. The molecule has 1 unspecified atom stereocenters. The van der Waals surface area contributed by atoms with Crippen LogP contribution < -0.4 is 10.5 Å². The van der Waals surface area contributed by atoms with Crippen molar-refractivity contribution in [2.45, 2.75) is 46.1 Å². The van der Waals surface area contributed by atoms with Crippen LogP contribution in [-0.2, 0) is 0 Å². The molecule has 0 fully saturated rings. The number of nitrogens with two attached hydrogens (primary N) is 1. The third-order valence-electron chi connectivity index (χ3n) is 3.06. The SMILES string of the molecule is CCCC(C)COc1ccc([C@H](N)CC)cc1. The molecular weight excluding hydrogens is 210 g/mol. The lowest BCUT2D eigenvalue weighted by Crippen LogP contribution is -2.09. The van der Waals surface area contributed by atoms with Gasteiger partial charge in [-0.05, 0) is 36.5 Å². The van der Waals surface area contributed by atoms with Crippen molar-refractivity contribution in [2.24, 2.45) is 11.7 Å². The molecule has 0 aliphatic heterocycles. The molecule has 0 bridgehead atoms. The van der Waals surface area contributed by atoms with Gasteiger partial charge in [0, 0.05) is 6.04 Å². The molecule has 17 heavy (non-hydrogen) atoms. The molecule has 2 heteroatoms. The minimum absolute atomic E-state index is 0.142. The van der Waals surface area contributed by atoms with Gasteiger partial charge in [-0.15, -0.1) is 0 Å². The Kier molecular flexibility index (Phi) is 6.06. The summed E-state index contributed by atoms with van der Waals surface area (Å²) in [6.07, 6.45) is 3.40. The van der Waals surface area contributed by atoms with Crippen LogP contribution in [0.5, 0.6) is 5.75 Å². The van der Waals surface area contributed by atoms with Crippen LogP contribution in [0.15, 0.2) is 24.3 Å². The maximum atomic E-state index is 5.97. The summed E-state index contributed by atoms with van der Waals surface area (Å²) < 4.78 is 5.75. The molecule has 1 rings (SSSR count). The molecule has 2 N–H and O–H groups in total. The van der Waals surface area contributed by atoms with E-state index in [1.807, 2.05) is 12.1 Å². The largest absolute Gasteiger partial charge is 0.493 e.